The molecule has 4 aliphatic rings. The van der Waals surface area contributed by atoms with Crippen LogP contribution in [0.2, 0.25) is 0 Å². The van der Waals surface area contributed by atoms with Crippen LogP contribution >= 0.6 is 11.8 Å². The van der Waals surface area contributed by atoms with Crippen molar-refractivity contribution in [3.05, 3.63) is 65.6 Å². The SMILES string of the molecule is C=C(F)C(=O)N1CCN(c2nc(OCC3S[C@]3(C)N(C)CC3CC(F)(F)C3)nc3c2CCN(c2cccc4cccc(C)c24)C3)C[C@@H]1CC#N. The van der Waals surface area contributed by atoms with Crippen molar-refractivity contribution >= 4 is 39.9 Å². The second kappa shape index (κ2) is 13.3. The van der Waals surface area contributed by atoms with E-state index >= 15 is 0 Å². The molecule has 3 atom stereocenters. The van der Waals surface area contributed by atoms with Gasteiger partial charge in [-0.15, -0.1) is 11.8 Å². The Bertz CT molecular complexity index is 1860. The van der Waals surface area contributed by atoms with Crippen LogP contribution in [-0.2, 0) is 17.8 Å². The van der Waals surface area contributed by atoms with Crippen molar-refractivity contribution in [1.29, 1.82) is 5.26 Å². The molecule has 1 saturated carbocycles. The molecule has 0 bridgehead atoms. The highest BCUT2D eigenvalue weighted by Gasteiger charge is 2.56. The molecule has 2 saturated heterocycles. The maximum atomic E-state index is 13.9. The summed E-state index contributed by atoms with van der Waals surface area (Å²) in [5.74, 6) is -3.66. The first kappa shape index (κ1) is 34.4. The maximum absolute atomic E-state index is 13.9. The Kier molecular flexibility index (Phi) is 9.14. The molecule has 3 fully saturated rings. The second-order valence-corrected chi connectivity index (χ2v) is 15.9. The number of amides is 1. The molecule has 4 heterocycles. The first-order chi connectivity index (χ1) is 23.9. The first-order valence-corrected chi connectivity index (χ1v) is 18.0. The summed E-state index contributed by atoms with van der Waals surface area (Å²) >= 11 is 1.75. The molecular weight excluding hydrogens is 664 g/mol. The fourth-order valence-electron chi connectivity index (χ4n) is 7.85. The van der Waals surface area contributed by atoms with Crippen LogP contribution in [0.3, 0.4) is 0 Å². The molecule has 7 rings (SSSR count). The second-order valence-electron chi connectivity index (χ2n) is 14.2. The average Bonchev–Trinajstić information content (AvgIpc) is 3.76. The molecule has 13 heteroatoms. The van der Waals surface area contributed by atoms with E-state index in [2.05, 4.69) is 77.6 Å². The predicted molar refractivity (Wildman–Crippen MR) is 189 cm³/mol. The van der Waals surface area contributed by atoms with E-state index in [0.29, 0.717) is 45.0 Å². The number of ether oxygens (including phenoxy) is 1. The lowest BCUT2D eigenvalue weighted by Gasteiger charge is -2.42. The van der Waals surface area contributed by atoms with Crippen molar-refractivity contribution in [3.8, 4) is 12.1 Å². The third-order valence-corrected chi connectivity index (χ3v) is 12.5. The number of thioether (sulfide) groups is 1. The number of carbonyl (C=O) groups is 1. The van der Waals surface area contributed by atoms with Crippen LogP contribution < -0.4 is 14.5 Å². The number of rotatable bonds is 10. The molecule has 3 aromatic rings. The summed E-state index contributed by atoms with van der Waals surface area (Å²) in [6.45, 7) is 10.6. The molecule has 3 aliphatic heterocycles. The van der Waals surface area contributed by atoms with Gasteiger partial charge in [-0.3, -0.25) is 9.69 Å². The van der Waals surface area contributed by atoms with E-state index in [4.69, 9.17) is 14.7 Å². The third-order valence-electron chi connectivity index (χ3n) is 10.8. The van der Waals surface area contributed by atoms with Gasteiger partial charge in [-0.2, -0.15) is 15.2 Å². The molecule has 2 aromatic carbocycles. The summed E-state index contributed by atoms with van der Waals surface area (Å²) < 4.78 is 47.2. The van der Waals surface area contributed by atoms with Gasteiger partial charge in [0.2, 0.25) is 5.92 Å². The standard InChI is InChI=1S/C37H42F3N7O2S/c1-23-7-5-8-26-9-6-10-30(32(23)26)45-14-12-28-29(21-45)42-35(49-22-31-36(3,50-31)44(4)19-25-17-37(39,40)18-25)43-33(28)46-15-16-47(34(48)24(2)38)27(20-46)11-13-41/h5-10,25,27,31H,2,11-12,14-22H2,1,3-4H3/t27-,31?,36-/m0/s1. The normalized spacial score (nSPS) is 24.5. The number of anilines is 2. The molecule has 264 valence electrons. The number of halogens is 3. The fraction of sp³-hybridized carbons (Fsp3) is 0.514. The van der Waals surface area contributed by atoms with Crippen molar-refractivity contribution in [2.75, 3.05) is 56.2 Å². The summed E-state index contributed by atoms with van der Waals surface area (Å²) in [7, 11) is 1.99. The molecule has 1 unspecified atom stereocenters. The monoisotopic (exact) mass is 705 g/mol. The third kappa shape index (κ3) is 6.60. The number of aryl methyl sites for hydroxylation is 1. The van der Waals surface area contributed by atoms with Crippen LogP contribution in [0.15, 0.2) is 48.8 Å². The minimum atomic E-state index is -2.53. The number of aromatic nitrogens is 2. The van der Waals surface area contributed by atoms with E-state index in [-0.39, 0.29) is 47.9 Å². The summed E-state index contributed by atoms with van der Waals surface area (Å²) in [5, 5.41) is 12.1. The van der Waals surface area contributed by atoms with Crippen LogP contribution in [0.5, 0.6) is 6.01 Å². The Labute approximate surface area is 295 Å². The number of alkyl halides is 2. The molecule has 1 amide bonds. The molecule has 1 aromatic heterocycles. The fourth-order valence-corrected chi connectivity index (χ4v) is 9.00. The molecule has 50 heavy (non-hydrogen) atoms. The zero-order valence-electron chi connectivity index (χ0n) is 28.7. The Morgan fingerprint density at radius 1 is 1.16 bits per heavy atom. The lowest BCUT2D eigenvalue weighted by atomic mass is 9.81. The van der Waals surface area contributed by atoms with Gasteiger partial charge >= 0.3 is 6.01 Å². The summed E-state index contributed by atoms with van der Waals surface area (Å²) in [6, 6.07) is 14.5. The summed E-state index contributed by atoms with van der Waals surface area (Å²) in [4.78, 5) is 30.2. The van der Waals surface area contributed by atoms with E-state index in [1.165, 1.54) is 21.2 Å². The van der Waals surface area contributed by atoms with Crippen molar-refractivity contribution in [3.63, 3.8) is 0 Å². The topological polar surface area (TPSA) is 88.8 Å². The minimum absolute atomic E-state index is 0.00167. The highest BCUT2D eigenvalue weighted by Crippen LogP contribution is 2.56. The van der Waals surface area contributed by atoms with Crippen molar-refractivity contribution in [1.82, 2.24) is 19.8 Å². The Hall–Kier alpha value is -4.02. The van der Waals surface area contributed by atoms with Gasteiger partial charge in [-0.1, -0.05) is 36.9 Å². The zero-order valence-corrected chi connectivity index (χ0v) is 29.5. The van der Waals surface area contributed by atoms with Gasteiger partial charge in [-0.25, -0.2) is 13.2 Å². The number of hydrogen-bond acceptors (Lipinski definition) is 9. The molecule has 0 radical (unpaired) electrons. The summed E-state index contributed by atoms with van der Waals surface area (Å²) in [5.41, 5.74) is 4.19. The van der Waals surface area contributed by atoms with E-state index < -0.39 is 23.7 Å². The zero-order chi connectivity index (χ0) is 35.4. The van der Waals surface area contributed by atoms with Gasteiger partial charge in [0.15, 0.2) is 5.83 Å². The Morgan fingerprint density at radius 2 is 1.92 bits per heavy atom. The van der Waals surface area contributed by atoms with Crippen molar-refractivity contribution < 1.29 is 22.7 Å². The highest BCUT2D eigenvalue weighted by molar-refractivity contribution is 8.08. The lowest BCUT2D eigenvalue weighted by molar-refractivity contribution is -0.131. The van der Waals surface area contributed by atoms with Gasteiger partial charge in [0.05, 0.1) is 40.9 Å². The van der Waals surface area contributed by atoms with E-state index in [0.717, 1.165) is 23.5 Å². The average molecular weight is 706 g/mol. The Morgan fingerprint density at radius 3 is 2.64 bits per heavy atom. The minimum Gasteiger partial charge on any atom is -0.462 e. The number of fused-ring (bicyclic) bond motifs is 2. The van der Waals surface area contributed by atoms with Gasteiger partial charge in [0.25, 0.3) is 5.91 Å². The summed E-state index contributed by atoms with van der Waals surface area (Å²) in [6.07, 6.45) is 0.614. The number of nitrogens with zero attached hydrogens (tertiary/aromatic N) is 7. The van der Waals surface area contributed by atoms with E-state index in [1.54, 1.807) is 11.8 Å². The number of benzene rings is 2. The van der Waals surface area contributed by atoms with Gasteiger partial charge < -0.3 is 19.4 Å². The predicted octanol–water partition coefficient (Wildman–Crippen LogP) is 6.10. The van der Waals surface area contributed by atoms with Crippen LogP contribution in [0.25, 0.3) is 10.8 Å². The quantitative estimate of drug-likeness (QED) is 0.183. The molecule has 0 N–H and O–H groups in total. The number of piperazine rings is 1. The maximum Gasteiger partial charge on any atom is 0.318 e. The molecular formula is C37H42F3N7O2S. The first-order valence-electron chi connectivity index (χ1n) is 17.2. The van der Waals surface area contributed by atoms with Gasteiger partial charge in [0.1, 0.15) is 12.4 Å². The number of nitriles is 1. The largest absolute Gasteiger partial charge is 0.462 e. The molecule has 0 spiro atoms. The Balaban J connectivity index is 1.15. The van der Waals surface area contributed by atoms with Crippen LogP contribution in [-0.4, -0.2) is 94.1 Å². The van der Waals surface area contributed by atoms with Crippen LogP contribution in [0, 0.1) is 24.2 Å². The smallest absolute Gasteiger partial charge is 0.318 e. The lowest BCUT2D eigenvalue weighted by Crippen LogP contribution is -2.55. The number of carbonyl (C=O) groups excluding carboxylic acids is 1. The van der Waals surface area contributed by atoms with Gasteiger partial charge in [-0.05, 0) is 50.2 Å². The molecule has 1 aliphatic carbocycles. The molecule has 9 nitrogen and oxygen atoms in total. The number of hydrogen-bond donors (Lipinski definition) is 0. The van der Waals surface area contributed by atoms with Crippen molar-refractivity contribution in [2.45, 2.75) is 68.2 Å². The van der Waals surface area contributed by atoms with Gasteiger partial charge in [0, 0.05) is 62.2 Å². The van der Waals surface area contributed by atoms with E-state index in [9.17, 15) is 23.2 Å². The highest BCUT2D eigenvalue weighted by atomic mass is 32.2. The van der Waals surface area contributed by atoms with Crippen molar-refractivity contribution in [2.24, 2.45) is 5.92 Å². The van der Waals surface area contributed by atoms with Crippen LogP contribution in [0.4, 0.5) is 24.7 Å². The van der Waals surface area contributed by atoms with Crippen LogP contribution in [0.1, 0.15) is 43.0 Å². The van der Waals surface area contributed by atoms with E-state index in [1.807, 2.05) is 7.05 Å².